The largest absolute Gasteiger partial charge is 0.383 e. The average Bonchev–Trinajstić information content (AvgIpc) is 2.84. The SMILES string of the molecule is CCN(C)c1ccnc(C[C@@H]2CC(=O)N(CCOC)C2)n1. The molecule has 1 saturated heterocycles. The number of rotatable bonds is 7. The van der Waals surface area contributed by atoms with Gasteiger partial charge in [-0.15, -0.1) is 0 Å². The number of hydrogen-bond acceptors (Lipinski definition) is 5. The second-order valence-electron chi connectivity index (χ2n) is 5.45. The van der Waals surface area contributed by atoms with Crippen molar-refractivity contribution in [1.82, 2.24) is 14.9 Å². The number of carbonyl (C=O) groups is 1. The number of nitrogens with zero attached hydrogens (tertiary/aromatic N) is 4. The van der Waals surface area contributed by atoms with E-state index in [1.165, 1.54) is 0 Å². The second-order valence-corrected chi connectivity index (χ2v) is 5.45. The Hall–Kier alpha value is -1.69. The van der Waals surface area contributed by atoms with Gasteiger partial charge < -0.3 is 14.5 Å². The Morgan fingerprint density at radius 2 is 2.33 bits per heavy atom. The van der Waals surface area contributed by atoms with Crippen molar-refractivity contribution in [2.45, 2.75) is 19.8 Å². The molecule has 2 rings (SSSR count). The molecule has 2 heterocycles. The number of anilines is 1. The molecule has 0 saturated carbocycles. The van der Waals surface area contributed by atoms with E-state index in [2.05, 4.69) is 21.8 Å². The van der Waals surface area contributed by atoms with Crippen LogP contribution >= 0.6 is 0 Å². The van der Waals surface area contributed by atoms with Crippen LogP contribution < -0.4 is 4.90 Å². The predicted octanol–water partition coefficient (Wildman–Crippen LogP) is 0.970. The molecule has 1 aromatic rings. The highest BCUT2D eigenvalue weighted by molar-refractivity contribution is 5.78. The van der Waals surface area contributed by atoms with Crippen LogP contribution in [0, 0.1) is 5.92 Å². The van der Waals surface area contributed by atoms with E-state index in [1.807, 2.05) is 18.0 Å². The van der Waals surface area contributed by atoms with Crippen molar-refractivity contribution >= 4 is 11.7 Å². The normalized spacial score (nSPS) is 18.3. The van der Waals surface area contributed by atoms with Crippen molar-refractivity contribution in [2.75, 3.05) is 45.3 Å². The monoisotopic (exact) mass is 292 g/mol. The zero-order valence-corrected chi connectivity index (χ0v) is 13.1. The molecule has 1 amide bonds. The Morgan fingerprint density at radius 3 is 3.05 bits per heavy atom. The van der Waals surface area contributed by atoms with Gasteiger partial charge in [0, 0.05) is 52.8 Å². The molecule has 6 nitrogen and oxygen atoms in total. The Morgan fingerprint density at radius 1 is 1.52 bits per heavy atom. The van der Waals surface area contributed by atoms with E-state index in [0.29, 0.717) is 25.5 Å². The molecule has 21 heavy (non-hydrogen) atoms. The van der Waals surface area contributed by atoms with Crippen LogP contribution in [0.15, 0.2) is 12.3 Å². The number of likely N-dealkylation sites (tertiary alicyclic amines) is 1. The summed E-state index contributed by atoms with van der Waals surface area (Å²) in [7, 11) is 3.67. The average molecular weight is 292 g/mol. The van der Waals surface area contributed by atoms with Gasteiger partial charge in [-0.25, -0.2) is 9.97 Å². The first-order chi connectivity index (χ1) is 10.1. The molecule has 0 spiro atoms. The number of amides is 1. The first-order valence-corrected chi connectivity index (χ1v) is 7.43. The summed E-state index contributed by atoms with van der Waals surface area (Å²) in [5.74, 6) is 2.26. The van der Waals surface area contributed by atoms with E-state index in [1.54, 1.807) is 13.3 Å². The Balaban J connectivity index is 1.95. The lowest BCUT2D eigenvalue weighted by molar-refractivity contribution is -0.128. The maximum atomic E-state index is 11.9. The zero-order valence-electron chi connectivity index (χ0n) is 13.1. The fraction of sp³-hybridized carbons (Fsp3) is 0.667. The van der Waals surface area contributed by atoms with Gasteiger partial charge >= 0.3 is 0 Å². The van der Waals surface area contributed by atoms with Crippen LogP contribution in [-0.2, 0) is 16.0 Å². The number of aromatic nitrogens is 2. The molecule has 0 unspecified atom stereocenters. The second kappa shape index (κ2) is 7.36. The topological polar surface area (TPSA) is 58.6 Å². The van der Waals surface area contributed by atoms with Gasteiger partial charge in [-0.1, -0.05) is 0 Å². The van der Waals surface area contributed by atoms with Gasteiger partial charge in [0.15, 0.2) is 0 Å². The van der Waals surface area contributed by atoms with Crippen molar-refractivity contribution in [2.24, 2.45) is 5.92 Å². The van der Waals surface area contributed by atoms with Crippen LogP contribution in [0.4, 0.5) is 5.82 Å². The van der Waals surface area contributed by atoms with Crippen molar-refractivity contribution in [3.8, 4) is 0 Å². The number of carbonyl (C=O) groups excluding carboxylic acids is 1. The number of methoxy groups -OCH3 is 1. The molecule has 0 N–H and O–H groups in total. The molecule has 1 aliphatic heterocycles. The summed E-state index contributed by atoms with van der Waals surface area (Å²) in [5.41, 5.74) is 0. The highest BCUT2D eigenvalue weighted by Gasteiger charge is 2.29. The highest BCUT2D eigenvalue weighted by atomic mass is 16.5. The maximum Gasteiger partial charge on any atom is 0.223 e. The third-order valence-corrected chi connectivity index (χ3v) is 3.89. The molecule has 116 valence electrons. The van der Waals surface area contributed by atoms with Crippen molar-refractivity contribution in [3.63, 3.8) is 0 Å². The molecular weight excluding hydrogens is 268 g/mol. The minimum atomic E-state index is 0.207. The quantitative estimate of drug-likeness (QED) is 0.749. The summed E-state index contributed by atoms with van der Waals surface area (Å²) in [4.78, 5) is 24.8. The third-order valence-electron chi connectivity index (χ3n) is 3.89. The minimum Gasteiger partial charge on any atom is -0.383 e. The van der Waals surface area contributed by atoms with E-state index >= 15 is 0 Å². The molecule has 1 aromatic heterocycles. The molecule has 0 bridgehead atoms. The van der Waals surface area contributed by atoms with Crippen molar-refractivity contribution < 1.29 is 9.53 Å². The van der Waals surface area contributed by atoms with Gasteiger partial charge in [-0.3, -0.25) is 4.79 Å². The number of hydrogen-bond donors (Lipinski definition) is 0. The van der Waals surface area contributed by atoms with Gasteiger partial charge in [-0.2, -0.15) is 0 Å². The van der Waals surface area contributed by atoms with E-state index in [0.717, 1.165) is 31.2 Å². The molecule has 1 atom stereocenters. The number of ether oxygens (including phenoxy) is 1. The van der Waals surface area contributed by atoms with Crippen LogP contribution in [0.1, 0.15) is 19.2 Å². The minimum absolute atomic E-state index is 0.207. The van der Waals surface area contributed by atoms with E-state index in [-0.39, 0.29) is 5.91 Å². The van der Waals surface area contributed by atoms with Gasteiger partial charge in [0.05, 0.1) is 6.61 Å². The van der Waals surface area contributed by atoms with Crippen LogP contribution in [0.5, 0.6) is 0 Å². The van der Waals surface area contributed by atoms with Gasteiger partial charge in [0.2, 0.25) is 5.91 Å². The van der Waals surface area contributed by atoms with Crippen LogP contribution in [0.25, 0.3) is 0 Å². The molecule has 1 fully saturated rings. The van der Waals surface area contributed by atoms with Gasteiger partial charge in [-0.05, 0) is 18.9 Å². The molecule has 1 aliphatic rings. The Kier molecular flexibility index (Phi) is 5.50. The molecule has 0 aromatic carbocycles. The van der Waals surface area contributed by atoms with Gasteiger partial charge in [0.25, 0.3) is 0 Å². The van der Waals surface area contributed by atoms with Crippen molar-refractivity contribution in [1.29, 1.82) is 0 Å². The summed E-state index contributed by atoms with van der Waals surface area (Å²) in [6.45, 7) is 5.03. The standard InChI is InChI=1S/C15H24N4O2/c1-4-18(2)14-5-6-16-13(17-14)9-12-10-15(20)19(11-12)7-8-21-3/h5-6,12H,4,7-11H2,1-3H3/t12-/m1/s1. The van der Waals surface area contributed by atoms with E-state index in [4.69, 9.17) is 4.74 Å². The fourth-order valence-corrected chi connectivity index (χ4v) is 2.53. The third kappa shape index (κ3) is 4.14. The summed E-state index contributed by atoms with van der Waals surface area (Å²) >= 11 is 0. The predicted molar refractivity (Wildman–Crippen MR) is 81.2 cm³/mol. The lowest BCUT2D eigenvalue weighted by Gasteiger charge is -2.17. The van der Waals surface area contributed by atoms with Crippen LogP contribution in [0.2, 0.25) is 0 Å². The maximum absolute atomic E-state index is 11.9. The summed E-state index contributed by atoms with van der Waals surface area (Å²) < 4.78 is 5.04. The van der Waals surface area contributed by atoms with E-state index in [9.17, 15) is 4.79 Å². The van der Waals surface area contributed by atoms with Crippen LogP contribution in [0.3, 0.4) is 0 Å². The van der Waals surface area contributed by atoms with E-state index < -0.39 is 0 Å². The summed E-state index contributed by atoms with van der Waals surface area (Å²) in [5, 5.41) is 0. The lowest BCUT2D eigenvalue weighted by atomic mass is 10.0. The molecular formula is C15H24N4O2. The fourth-order valence-electron chi connectivity index (χ4n) is 2.53. The smallest absolute Gasteiger partial charge is 0.223 e. The highest BCUT2D eigenvalue weighted by Crippen LogP contribution is 2.21. The summed E-state index contributed by atoms with van der Waals surface area (Å²) in [6, 6.07) is 1.91. The molecule has 0 radical (unpaired) electrons. The van der Waals surface area contributed by atoms with Crippen LogP contribution in [-0.4, -0.2) is 61.2 Å². The van der Waals surface area contributed by atoms with Crippen molar-refractivity contribution in [3.05, 3.63) is 18.1 Å². The first kappa shape index (κ1) is 15.7. The first-order valence-electron chi connectivity index (χ1n) is 7.43. The zero-order chi connectivity index (χ0) is 15.2. The lowest BCUT2D eigenvalue weighted by Crippen LogP contribution is -2.29. The molecule has 0 aliphatic carbocycles. The molecule has 6 heteroatoms. The Bertz CT molecular complexity index is 480. The van der Waals surface area contributed by atoms with Gasteiger partial charge in [0.1, 0.15) is 11.6 Å². The summed E-state index contributed by atoms with van der Waals surface area (Å²) in [6.07, 6.45) is 3.13. The Labute approximate surface area is 126 Å².